The molecular weight excluding hydrogens is 454 g/mol. The molecule has 0 aliphatic heterocycles. The van der Waals surface area contributed by atoms with Gasteiger partial charge in [-0.1, -0.05) is 0 Å². The molecule has 0 saturated carbocycles. The molecule has 0 nitrogen and oxygen atoms in total. The van der Waals surface area contributed by atoms with Crippen molar-refractivity contribution in [1.82, 2.24) is 0 Å². The van der Waals surface area contributed by atoms with Crippen molar-refractivity contribution in [2.45, 2.75) is 103 Å². The van der Waals surface area contributed by atoms with Gasteiger partial charge in [-0.25, -0.2) is 0 Å². The Labute approximate surface area is 138 Å². The van der Waals surface area contributed by atoms with E-state index in [4.69, 9.17) is 0 Å². The summed E-state index contributed by atoms with van der Waals surface area (Å²) in [6, 6.07) is 0. The molecule has 0 radical (unpaired) electrons. The monoisotopic (exact) mass is 498 g/mol. The molecular formula is C18H42Sn2. The average molecular weight is 496 g/mol. The summed E-state index contributed by atoms with van der Waals surface area (Å²) in [5.41, 5.74) is 0. The molecule has 0 aliphatic rings. The first-order valence-corrected chi connectivity index (χ1v) is 30.4. The van der Waals surface area contributed by atoms with Crippen LogP contribution in [0.25, 0.3) is 0 Å². The predicted octanol–water partition coefficient (Wildman–Crippen LogP) is 7.56. The van der Waals surface area contributed by atoms with Crippen LogP contribution < -0.4 is 0 Å². The average Bonchev–Trinajstić information content (AvgIpc) is 2.27. The SMILES string of the molecule is [CH3][Sn]([CH3])([CH3])[CH2]CCCCCCCCCC[CH2][Sn]([CH3])([CH3])[CH3]. The Morgan fingerprint density at radius 2 is 0.550 bits per heavy atom. The third-order valence-corrected chi connectivity index (χ3v) is 14.7. The van der Waals surface area contributed by atoms with Gasteiger partial charge in [0.15, 0.2) is 0 Å². The van der Waals surface area contributed by atoms with E-state index in [1.165, 1.54) is 64.2 Å². The standard InChI is InChI=1S/C12H24.6CH3.2Sn/c1-3-5-7-9-11-12-10-8-6-4-2;;;;;;;;/h1-12H2;6*1H3;;. The molecule has 0 aromatic carbocycles. The van der Waals surface area contributed by atoms with E-state index in [1.54, 1.807) is 8.87 Å². The Morgan fingerprint density at radius 3 is 0.750 bits per heavy atom. The van der Waals surface area contributed by atoms with Gasteiger partial charge in [0, 0.05) is 0 Å². The second-order valence-corrected chi connectivity index (χ2v) is 41.2. The molecule has 0 aromatic rings. The molecule has 2 heteroatoms. The second kappa shape index (κ2) is 12.1. The van der Waals surface area contributed by atoms with E-state index in [-0.39, 0.29) is 0 Å². The summed E-state index contributed by atoms with van der Waals surface area (Å²) in [5, 5.41) is 0. The molecule has 122 valence electrons. The first-order valence-electron chi connectivity index (χ1n) is 9.21. The van der Waals surface area contributed by atoms with Gasteiger partial charge < -0.3 is 0 Å². The van der Waals surface area contributed by atoms with Gasteiger partial charge in [0.2, 0.25) is 0 Å². The summed E-state index contributed by atoms with van der Waals surface area (Å²) in [4.78, 5) is 15.4. The van der Waals surface area contributed by atoms with Crippen LogP contribution in [-0.2, 0) is 0 Å². The zero-order chi connectivity index (χ0) is 15.5. The fourth-order valence-electron chi connectivity index (χ4n) is 2.72. The summed E-state index contributed by atoms with van der Waals surface area (Å²) in [6.07, 6.45) is 15.1. The van der Waals surface area contributed by atoms with Crippen molar-refractivity contribution in [3.05, 3.63) is 0 Å². The van der Waals surface area contributed by atoms with Gasteiger partial charge in [0.1, 0.15) is 0 Å². The van der Waals surface area contributed by atoms with Crippen LogP contribution in [0.5, 0.6) is 0 Å². The van der Waals surface area contributed by atoms with Gasteiger partial charge in [0.25, 0.3) is 0 Å². The van der Waals surface area contributed by atoms with E-state index in [9.17, 15) is 0 Å². The summed E-state index contributed by atoms with van der Waals surface area (Å²) in [7, 11) is 0. The molecule has 20 heavy (non-hydrogen) atoms. The van der Waals surface area contributed by atoms with Crippen LogP contribution in [0, 0.1) is 0 Å². The zero-order valence-corrected chi connectivity index (χ0v) is 21.2. The van der Waals surface area contributed by atoms with Crippen LogP contribution in [0.15, 0.2) is 0 Å². The van der Waals surface area contributed by atoms with Crippen molar-refractivity contribution in [3.63, 3.8) is 0 Å². The van der Waals surface area contributed by atoms with Gasteiger partial charge >= 0.3 is 139 Å². The van der Waals surface area contributed by atoms with E-state index >= 15 is 0 Å². The van der Waals surface area contributed by atoms with E-state index in [1.807, 2.05) is 0 Å². The Kier molecular flexibility index (Phi) is 13.0. The Balaban J connectivity index is 3.10. The van der Waals surface area contributed by atoms with Crippen molar-refractivity contribution in [2.24, 2.45) is 0 Å². The summed E-state index contributed by atoms with van der Waals surface area (Å²) >= 11 is -2.85. The zero-order valence-electron chi connectivity index (χ0n) is 15.5. The van der Waals surface area contributed by atoms with E-state index < -0.39 is 36.8 Å². The molecule has 0 saturated heterocycles. The minimum atomic E-state index is -1.43. The van der Waals surface area contributed by atoms with Crippen molar-refractivity contribution in [1.29, 1.82) is 0 Å². The van der Waals surface area contributed by atoms with E-state index in [0.29, 0.717) is 0 Å². The summed E-state index contributed by atoms with van der Waals surface area (Å²) < 4.78 is 3.21. The van der Waals surface area contributed by atoms with Crippen molar-refractivity contribution >= 4 is 36.8 Å². The van der Waals surface area contributed by atoms with Gasteiger partial charge in [-0.05, 0) is 0 Å². The molecule has 0 rings (SSSR count). The van der Waals surface area contributed by atoms with Crippen LogP contribution in [0.1, 0.15) is 64.2 Å². The molecule has 0 unspecified atom stereocenters. The maximum absolute atomic E-state index is 2.57. The fraction of sp³-hybridized carbons (Fsp3) is 1.00. The first-order chi connectivity index (χ1) is 9.21. The number of unbranched alkanes of at least 4 members (excludes halogenated alkanes) is 9. The Bertz CT molecular complexity index is 186. The molecule has 0 heterocycles. The Hall–Kier alpha value is 1.60. The van der Waals surface area contributed by atoms with Gasteiger partial charge in [-0.3, -0.25) is 0 Å². The molecule has 0 fully saturated rings. The van der Waals surface area contributed by atoms with Gasteiger partial charge in [-0.2, -0.15) is 0 Å². The van der Waals surface area contributed by atoms with Crippen LogP contribution in [0.3, 0.4) is 0 Å². The topological polar surface area (TPSA) is 0 Å². The fourth-order valence-corrected chi connectivity index (χ4v) is 10.2. The van der Waals surface area contributed by atoms with Crippen molar-refractivity contribution in [2.75, 3.05) is 0 Å². The van der Waals surface area contributed by atoms with Crippen LogP contribution in [0.2, 0.25) is 38.5 Å². The summed E-state index contributed by atoms with van der Waals surface area (Å²) in [5.74, 6) is 0. The number of hydrogen-bond donors (Lipinski definition) is 0. The molecule has 0 aromatic heterocycles. The molecule has 0 bridgehead atoms. The normalized spacial score (nSPS) is 12.9. The van der Waals surface area contributed by atoms with Crippen molar-refractivity contribution < 1.29 is 0 Å². The quantitative estimate of drug-likeness (QED) is 0.183. The maximum atomic E-state index is 2.57. The van der Waals surface area contributed by atoms with Crippen LogP contribution >= 0.6 is 0 Å². The van der Waals surface area contributed by atoms with Crippen LogP contribution in [0.4, 0.5) is 0 Å². The first kappa shape index (κ1) is 21.6. The molecule has 0 aliphatic carbocycles. The third kappa shape index (κ3) is 19.6. The molecule has 0 spiro atoms. The van der Waals surface area contributed by atoms with Gasteiger partial charge in [-0.15, -0.1) is 0 Å². The minimum absolute atomic E-state index is 1.43. The second-order valence-electron chi connectivity index (χ2n) is 9.16. The third-order valence-electron chi connectivity index (χ3n) is 4.10. The van der Waals surface area contributed by atoms with Crippen LogP contribution in [-0.4, -0.2) is 36.8 Å². The molecule has 0 amide bonds. The van der Waals surface area contributed by atoms with Crippen molar-refractivity contribution in [3.8, 4) is 0 Å². The number of rotatable bonds is 13. The van der Waals surface area contributed by atoms with E-state index in [0.717, 1.165) is 0 Å². The predicted molar refractivity (Wildman–Crippen MR) is 102 cm³/mol. The van der Waals surface area contributed by atoms with E-state index in [2.05, 4.69) is 29.6 Å². The summed E-state index contributed by atoms with van der Waals surface area (Å²) in [6.45, 7) is 0. The van der Waals surface area contributed by atoms with Gasteiger partial charge in [0.05, 0.1) is 0 Å². The molecule has 0 N–H and O–H groups in total. The number of hydrogen-bond acceptors (Lipinski definition) is 0. The Morgan fingerprint density at radius 1 is 0.350 bits per heavy atom. The molecule has 0 atom stereocenters.